The molecule has 2 aromatic carbocycles. The number of hydrogen-bond acceptors (Lipinski definition) is 5. The lowest BCUT2D eigenvalue weighted by molar-refractivity contribution is -0.136. The van der Waals surface area contributed by atoms with E-state index >= 15 is 0 Å². The first-order chi connectivity index (χ1) is 14.6. The fourth-order valence-electron chi connectivity index (χ4n) is 3.43. The van der Waals surface area contributed by atoms with Gasteiger partial charge in [-0.3, -0.25) is 9.78 Å². The molecule has 1 aromatic heterocycles. The van der Waals surface area contributed by atoms with E-state index in [1.807, 2.05) is 42.3 Å². The lowest BCUT2D eigenvalue weighted by atomic mass is 10.0. The van der Waals surface area contributed by atoms with Crippen molar-refractivity contribution in [2.24, 2.45) is 0 Å². The van der Waals surface area contributed by atoms with E-state index in [9.17, 15) is 4.79 Å². The number of nitrogens with zero attached hydrogens (tertiary/aromatic N) is 2. The molecule has 6 heteroatoms. The average molecular weight is 404 g/mol. The van der Waals surface area contributed by atoms with Gasteiger partial charge in [0.15, 0.2) is 6.61 Å². The number of aromatic nitrogens is 1. The Kier molecular flexibility index (Phi) is 5.84. The Bertz CT molecular complexity index is 1010. The smallest absolute Gasteiger partial charge is 0.261 e. The monoisotopic (exact) mass is 404 g/mol. The van der Waals surface area contributed by atoms with Crippen molar-refractivity contribution in [3.63, 3.8) is 0 Å². The highest BCUT2D eigenvalue weighted by Gasteiger charge is 2.26. The molecule has 0 bridgehead atoms. The molecule has 3 aromatic rings. The molecule has 1 aliphatic rings. The van der Waals surface area contributed by atoms with Crippen molar-refractivity contribution in [2.45, 2.75) is 19.5 Å². The van der Waals surface area contributed by atoms with E-state index in [1.54, 1.807) is 37.6 Å². The van der Waals surface area contributed by atoms with Gasteiger partial charge in [-0.05, 0) is 55.0 Å². The van der Waals surface area contributed by atoms with Crippen LogP contribution in [0.25, 0.3) is 11.1 Å². The maximum atomic E-state index is 12.9. The summed E-state index contributed by atoms with van der Waals surface area (Å²) in [6.45, 7) is 2.86. The Morgan fingerprint density at radius 1 is 1.13 bits per heavy atom. The molecule has 2 heterocycles. The molecule has 1 unspecified atom stereocenters. The predicted octanol–water partition coefficient (Wildman–Crippen LogP) is 3.95. The Balaban J connectivity index is 1.49. The molecule has 0 saturated carbocycles. The number of methoxy groups -OCH3 is 1. The summed E-state index contributed by atoms with van der Waals surface area (Å²) in [6.07, 6.45) is 3.58. The molecular weight excluding hydrogens is 380 g/mol. The molecule has 30 heavy (non-hydrogen) atoms. The van der Waals surface area contributed by atoms with Crippen LogP contribution in [0.4, 0.5) is 0 Å². The van der Waals surface area contributed by atoms with Crippen molar-refractivity contribution in [3.05, 3.63) is 72.6 Å². The highest BCUT2D eigenvalue weighted by atomic mass is 16.5. The number of pyridine rings is 1. The number of ether oxygens (including phenoxy) is 3. The number of carbonyl (C=O) groups excluding carboxylic acids is 1. The largest absolute Gasteiger partial charge is 0.497 e. The van der Waals surface area contributed by atoms with Gasteiger partial charge in [-0.2, -0.15) is 0 Å². The Morgan fingerprint density at radius 3 is 2.67 bits per heavy atom. The predicted molar refractivity (Wildman–Crippen MR) is 114 cm³/mol. The van der Waals surface area contributed by atoms with Crippen LogP contribution in [0.5, 0.6) is 17.2 Å². The maximum absolute atomic E-state index is 12.9. The zero-order valence-electron chi connectivity index (χ0n) is 17.1. The number of carbonyl (C=O) groups is 1. The summed E-state index contributed by atoms with van der Waals surface area (Å²) >= 11 is 0. The van der Waals surface area contributed by atoms with Crippen molar-refractivity contribution >= 4 is 5.91 Å². The fraction of sp³-hybridized carbons (Fsp3) is 0.250. The molecular formula is C24H24N2O4. The lowest BCUT2D eigenvalue weighted by Gasteiger charge is -2.26. The molecule has 6 nitrogen and oxygen atoms in total. The lowest BCUT2D eigenvalue weighted by Crippen LogP contribution is -2.42. The van der Waals surface area contributed by atoms with Crippen LogP contribution in [0.2, 0.25) is 0 Å². The van der Waals surface area contributed by atoms with Gasteiger partial charge >= 0.3 is 0 Å². The van der Waals surface area contributed by atoms with Crippen molar-refractivity contribution < 1.29 is 19.0 Å². The molecule has 0 N–H and O–H groups in total. The molecule has 0 aliphatic carbocycles. The topological polar surface area (TPSA) is 60.9 Å². The van der Waals surface area contributed by atoms with E-state index < -0.39 is 0 Å². The van der Waals surface area contributed by atoms with Crippen molar-refractivity contribution in [3.8, 4) is 28.4 Å². The van der Waals surface area contributed by atoms with Crippen molar-refractivity contribution in [2.75, 3.05) is 20.3 Å². The summed E-state index contributed by atoms with van der Waals surface area (Å²) in [5, 5.41) is 0. The number of benzene rings is 2. The third-order valence-electron chi connectivity index (χ3n) is 5.15. The minimum Gasteiger partial charge on any atom is -0.497 e. The summed E-state index contributed by atoms with van der Waals surface area (Å²) in [7, 11) is 1.61. The summed E-state index contributed by atoms with van der Waals surface area (Å²) in [4.78, 5) is 18.9. The second-order valence-electron chi connectivity index (χ2n) is 7.21. The zero-order chi connectivity index (χ0) is 20.9. The van der Waals surface area contributed by atoms with Crippen LogP contribution in [-0.2, 0) is 11.3 Å². The van der Waals surface area contributed by atoms with Crippen LogP contribution in [0, 0.1) is 0 Å². The molecule has 154 valence electrons. The van der Waals surface area contributed by atoms with Crippen LogP contribution in [-0.4, -0.2) is 42.2 Å². The maximum Gasteiger partial charge on any atom is 0.261 e. The molecule has 0 saturated heterocycles. The van der Waals surface area contributed by atoms with Gasteiger partial charge in [0.05, 0.1) is 13.2 Å². The highest BCUT2D eigenvalue weighted by molar-refractivity contribution is 5.78. The molecule has 1 amide bonds. The summed E-state index contributed by atoms with van der Waals surface area (Å²) in [5.74, 6) is 2.09. The van der Waals surface area contributed by atoms with Crippen LogP contribution < -0.4 is 14.2 Å². The van der Waals surface area contributed by atoms with Crippen LogP contribution in [0.15, 0.2) is 67.0 Å². The van der Waals surface area contributed by atoms with Gasteiger partial charge in [0.2, 0.25) is 0 Å². The van der Waals surface area contributed by atoms with Gasteiger partial charge in [-0.1, -0.05) is 12.1 Å². The van der Waals surface area contributed by atoms with Crippen molar-refractivity contribution in [1.82, 2.24) is 9.88 Å². The van der Waals surface area contributed by atoms with Crippen LogP contribution in [0.3, 0.4) is 0 Å². The third kappa shape index (κ3) is 4.38. The average Bonchev–Trinajstić information content (AvgIpc) is 2.97. The first kappa shape index (κ1) is 19.8. The number of fused-ring (bicyclic) bond motifs is 1. The summed E-state index contributed by atoms with van der Waals surface area (Å²) < 4.78 is 16.8. The molecule has 1 atom stereocenters. The molecule has 0 spiro atoms. The summed E-state index contributed by atoms with van der Waals surface area (Å²) in [6, 6.07) is 17.1. The molecule has 1 aliphatic heterocycles. The number of hydrogen-bond donors (Lipinski definition) is 0. The van der Waals surface area contributed by atoms with E-state index in [0.717, 1.165) is 28.2 Å². The van der Waals surface area contributed by atoms with E-state index in [1.165, 1.54) is 0 Å². The second-order valence-corrected chi connectivity index (χ2v) is 7.21. The van der Waals surface area contributed by atoms with Gasteiger partial charge in [0, 0.05) is 30.1 Å². The van der Waals surface area contributed by atoms with Crippen LogP contribution in [0.1, 0.15) is 12.5 Å². The zero-order valence-corrected chi connectivity index (χ0v) is 17.1. The fourth-order valence-corrected chi connectivity index (χ4v) is 3.43. The van der Waals surface area contributed by atoms with E-state index in [4.69, 9.17) is 14.2 Å². The van der Waals surface area contributed by atoms with Crippen molar-refractivity contribution in [1.29, 1.82) is 0 Å². The van der Waals surface area contributed by atoms with E-state index in [2.05, 4.69) is 11.1 Å². The van der Waals surface area contributed by atoms with Crippen LogP contribution >= 0.6 is 0 Å². The molecule has 4 rings (SSSR count). The number of amides is 1. The van der Waals surface area contributed by atoms with E-state index in [0.29, 0.717) is 18.9 Å². The first-order valence-electron chi connectivity index (χ1n) is 9.86. The highest BCUT2D eigenvalue weighted by Crippen LogP contribution is 2.30. The quantitative estimate of drug-likeness (QED) is 0.645. The first-order valence-corrected chi connectivity index (χ1v) is 9.86. The normalized spacial score (nSPS) is 15.5. The van der Waals surface area contributed by atoms with E-state index in [-0.39, 0.29) is 18.6 Å². The van der Waals surface area contributed by atoms with Gasteiger partial charge in [-0.15, -0.1) is 0 Å². The second kappa shape index (κ2) is 8.86. The standard InChI is InChI=1S/C24H24N2O4/c1-17-15-30-23-10-5-18(19-4-3-11-25-13-19)12-20(23)14-26(17)24(27)16-29-22-8-6-21(28-2)7-9-22/h3-13,17H,14-16H2,1-2H3. The van der Waals surface area contributed by atoms with Gasteiger partial charge < -0.3 is 19.1 Å². The molecule has 0 radical (unpaired) electrons. The Hall–Kier alpha value is -3.54. The Labute approximate surface area is 176 Å². The minimum atomic E-state index is -0.0819. The number of rotatable bonds is 5. The SMILES string of the molecule is COc1ccc(OCC(=O)N2Cc3cc(-c4cccnc4)ccc3OCC2C)cc1. The summed E-state index contributed by atoms with van der Waals surface area (Å²) in [5.41, 5.74) is 3.04. The van der Waals surface area contributed by atoms with Gasteiger partial charge in [0.1, 0.15) is 23.9 Å². The third-order valence-corrected chi connectivity index (χ3v) is 5.15. The Morgan fingerprint density at radius 2 is 1.93 bits per heavy atom. The molecule has 0 fully saturated rings. The van der Waals surface area contributed by atoms with Gasteiger partial charge in [0.25, 0.3) is 5.91 Å². The van der Waals surface area contributed by atoms with Gasteiger partial charge in [-0.25, -0.2) is 0 Å². The minimum absolute atomic E-state index is 0.0334.